The van der Waals surface area contributed by atoms with E-state index in [0.29, 0.717) is 17.7 Å². The van der Waals surface area contributed by atoms with Gasteiger partial charge in [0.05, 0.1) is 31.9 Å². The molecule has 1 saturated carbocycles. The van der Waals surface area contributed by atoms with Crippen molar-refractivity contribution >= 4 is 29.3 Å². The molecular weight excluding hydrogens is 602 g/mol. The monoisotopic (exact) mass is 649 g/mol. The first-order valence-electron chi connectivity index (χ1n) is 16.7. The van der Waals surface area contributed by atoms with Crippen molar-refractivity contribution in [3.63, 3.8) is 0 Å². The van der Waals surface area contributed by atoms with Crippen LogP contribution in [0.2, 0.25) is 0 Å². The number of urea groups is 1. The van der Waals surface area contributed by atoms with Crippen molar-refractivity contribution < 1.29 is 23.9 Å². The van der Waals surface area contributed by atoms with Gasteiger partial charge in [-0.05, 0) is 72.5 Å². The Morgan fingerprint density at radius 2 is 1.06 bits per heavy atom. The number of nitrogens with zero attached hydrogens (tertiary/aromatic N) is 2. The van der Waals surface area contributed by atoms with Gasteiger partial charge in [0.15, 0.2) is 0 Å². The highest BCUT2D eigenvalue weighted by molar-refractivity contribution is 5.92. The topological polar surface area (TPSA) is 88.2 Å². The molecule has 4 aromatic rings. The molecule has 0 aromatic heterocycles. The molecule has 0 atom stereocenters. The highest BCUT2D eigenvalue weighted by Gasteiger charge is 2.25. The molecule has 252 valence electrons. The van der Waals surface area contributed by atoms with Crippen LogP contribution < -0.4 is 10.2 Å². The molecule has 2 aliphatic rings. The number of carbonyl (C=O) groups is 3. The summed E-state index contributed by atoms with van der Waals surface area (Å²) in [5.74, 6) is -0.669. The molecule has 1 aliphatic carbocycles. The number of nitrogens with one attached hydrogen (secondary N) is 1. The van der Waals surface area contributed by atoms with E-state index in [0.717, 1.165) is 55.0 Å². The molecule has 0 radical (unpaired) electrons. The number of hydrogen-bond donors (Lipinski definition) is 1. The molecule has 1 aliphatic heterocycles. The van der Waals surface area contributed by atoms with Crippen molar-refractivity contribution in [2.24, 2.45) is 0 Å². The van der Waals surface area contributed by atoms with Crippen LogP contribution in [-0.2, 0) is 22.6 Å². The Bertz CT molecular complexity index is 1530. The van der Waals surface area contributed by atoms with E-state index in [4.69, 9.17) is 4.74 Å². The van der Waals surface area contributed by atoms with E-state index in [-0.39, 0.29) is 18.0 Å². The minimum absolute atomic E-state index is 0.0285. The molecule has 8 nitrogen and oxygen atoms in total. The molecule has 48 heavy (non-hydrogen) atoms. The molecule has 1 heterocycles. The Morgan fingerprint density at radius 3 is 1.54 bits per heavy atom. The lowest BCUT2D eigenvalue weighted by atomic mass is 10.1. The van der Waals surface area contributed by atoms with Crippen molar-refractivity contribution in [1.29, 1.82) is 0 Å². The number of esters is 2. The minimum Gasteiger partial charge on any atom is -0.465 e. The zero-order chi connectivity index (χ0) is 34.0. The summed E-state index contributed by atoms with van der Waals surface area (Å²) in [4.78, 5) is 39.5. The predicted molar refractivity (Wildman–Crippen MR) is 191 cm³/mol. The number of benzene rings is 4. The van der Waals surface area contributed by atoms with Gasteiger partial charge >= 0.3 is 18.0 Å². The lowest BCUT2D eigenvalue weighted by Gasteiger charge is -2.28. The van der Waals surface area contributed by atoms with E-state index in [9.17, 15) is 14.4 Å². The van der Waals surface area contributed by atoms with Gasteiger partial charge in [0, 0.05) is 31.0 Å². The fraction of sp³-hybridized carbons (Fsp3) is 0.325. The Labute approximate surface area is 284 Å². The summed E-state index contributed by atoms with van der Waals surface area (Å²) in [6.45, 7) is 2.80. The van der Waals surface area contributed by atoms with Gasteiger partial charge in [0.2, 0.25) is 0 Å². The summed E-state index contributed by atoms with van der Waals surface area (Å²) < 4.78 is 9.37. The van der Waals surface area contributed by atoms with Crippen LogP contribution >= 0.6 is 0 Å². The van der Waals surface area contributed by atoms with Crippen molar-refractivity contribution in [2.45, 2.75) is 58.0 Å². The lowest BCUT2D eigenvalue weighted by molar-refractivity contribution is 0.0592. The highest BCUT2D eigenvalue weighted by atomic mass is 16.5. The predicted octanol–water partition coefficient (Wildman–Crippen LogP) is 8.73. The van der Waals surface area contributed by atoms with Crippen molar-refractivity contribution in [3.05, 3.63) is 131 Å². The first-order chi connectivity index (χ1) is 23.5. The number of anilines is 2. The molecule has 1 saturated heterocycles. The van der Waals surface area contributed by atoms with Gasteiger partial charge in [-0.15, -0.1) is 0 Å². The average Bonchev–Trinajstić information content (AvgIpc) is 3.92. The summed E-state index contributed by atoms with van der Waals surface area (Å²) in [7, 11) is 2.75. The summed E-state index contributed by atoms with van der Waals surface area (Å²) in [5, 5.41) is 3.31. The third-order valence-electron chi connectivity index (χ3n) is 8.29. The lowest BCUT2D eigenvalue weighted by Crippen LogP contribution is -2.41. The fourth-order valence-corrected chi connectivity index (χ4v) is 5.52. The van der Waals surface area contributed by atoms with Crippen molar-refractivity contribution in [2.75, 3.05) is 37.5 Å². The second-order valence-corrected chi connectivity index (χ2v) is 11.8. The van der Waals surface area contributed by atoms with Gasteiger partial charge in [0.25, 0.3) is 0 Å². The van der Waals surface area contributed by atoms with E-state index in [1.165, 1.54) is 46.3 Å². The first-order valence-corrected chi connectivity index (χ1v) is 16.7. The molecule has 2 fully saturated rings. The van der Waals surface area contributed by atoms with Gasteiger partial charge in [-0.25, -0.2) is 14.4 Å². The molecule has 6 rings (SSSR count). The number of ether oxygens (including phenoxy) is 2. The van der Waals surface area contributed by atoms with Crippen molar-refractivity contribution in [3.8, 4) is 0 Å². The standard InChI is InChI=1S/C20H22N2O3.C15H15NO2.C5H10/c1-25-19(23)17-11-9-16(10-12-17)15-22(18-7-3-2-4-8-18)20(24)21-13-5-6-14-21;1-18-15(17)13-9-7-12(8-10-13)11-16-14-5-3-2-4-6-14;1-2-4-5-3-1/h2-4,7-12H,5-6,13-15H2,1H3;2-10,16H,11H2,1H3;1-5H2. The van der Waals surface area contributed by atoms with Crippen LogP contribution in [0.5, 0.6) is 0 Å². The summed E-state index contributed by atoms with van der Waals surface area (Å²) in [6.07, 6.45) is 9.62. The van der Waals surface area contributed by atoms with Crippen molar-refractivity contribution in [1.82, 2.24) is 4.90 Å². The Morgan fingerprint density at radius 1 is 0.604 bits per heavy atom. The fourth-order valence-electron chi connectivity index (χ4n) is 5.52. The second-order valence-electron chi connectivity index (χ2n) is 11.8. The normalized spacial score (nSPS) is 13.2. The molecule has 0 spiro atoms. The Kier molecular flexibility index (Phi) is 14.5. The maximum atomic E-state index is 12.9. The Hall–Kier alpha value is -5.11. The van der Waals surface area contributed by atoms with Crippen LogP contribution in [-0.4, -0.2) is 50.2 Å². The zero-order valence-corrected chi connectivity index (χ0v) is 28.1. The van der Waals surface area contributed by atoms with E-state index < -0.39 is 0 Å². The third kappa shape index (κ3) is 11.3. The van der Waals surface area contributed by atoms with Crippen LogP contribution in [0.4, 0.5) is 16.2 Å². The van der Waals surface area contributed by atoms with Crippen LogP contribution in [0.25, 0.3) is 0 Å². The average molecular weight is 650 g/mol. The number of para-hydroxylation sites is 2. The molecule has 8 heteroatoms. The number of likely N-dealkylation sites (tertiary alicyclic amines) is 1. The summed E-state index contributed by atoms with van der Waals surface area (Å²) >= 11 is 0. The van der Waals surface area contributed by atoms with Gasteiger partial charge in [-0.2, -0.15) is 0 Å². The quantitative estimate of drug-likeness (QED) is 0.192. The molecular formula is C40H47N3O5. The highest BCUT2D eigenvalue weighted by Crippen LogP contribution is 2.22. The second kappa shape index (κ2) is 19.5. The summed E-state index contributed by atoms with van der Waals surface area (Å²) in [5.41, 5.74) is 5.10. The number of methoxy groups -OCH3 is 2. The van der Waals surface area contributed by atoms with E-state index >= 15 is 0 Å². The first kappa shape index (κ1) is 35.7. The number of hydrogen-bond acceptors (Lipinski definition) is 6. The van der Waals surface area contributed by atoms with Crippen LogP contribution in [0, 0.1) is 0 Å². The van der Waals surface area contributed by atoms with Crippen LogP contribution in [0.15, 0.2) is 109 Å². The van der Waals surface area contributed by atoms with Crippen LogP contribution in [0.1, 0.15) is 76.8 Å². The number of rotatable bonds is 8. The van der Waals surface area contributed by atoms with E-state index in [1.54, 1.807) is 29.2 Å². The Balaban J connectivity index is 0.000000196. The minimum atomic E-state index is -0.361. The van der Waals surface area contributed by atoms with Crippen LogP contribution in [0.3, 0.4) is 0 Å². The SMILES string of the molecule is C1CCCC1.COC(=O)c1ccc(CN(C(=O)N2CCCC2)c2ccccc2)cc1.COC(=O)c1ccc(CNc2ccccc2)cc1. The molecule has 4 aromatic carbocycles. The molecule has 1 N–H and O–H groups in total. The maximum Gasteiger partial charge on any atom is 0.337 e. The van der Waals surface area contributed by atoms with Gasteiger partial charge in [0.1, 0.15) is 0 Å². The zero-order valence-electron chi connectivity index (χ0n) is 28.1. The van der Waals surface area contributed by atoms with Gasteiger partial charge in [-0.3, -0.25) is 4.90 Å². The molecule has 2 amide bonds. The number of amides is 2. The molecule has 0 unspecified atom stereocenters. The smallest absolute Gasteiger partial charge is 0.337 e. The maximum absolute atomic E-state index is 12.9. The van der Waals surface area contributed by atoms with E-state index in [1.807, 2.05) is 89.8 Å². The third-order valence-corrected chi connectivity index (χ3v) is 8.29. The van der Waals surface area contributed by atoms with Gasteiger partial charge < -0.3 is 19.7 Å². The van der Waals surface area contributed by atoms with E-state index in [2.05, 4.69) is 10.1 Å². The largest absolute Gasteiger partial charge is 0.465 e. The summed E-state index contributed by atoms with van der Waals surface area (Å²) in [6, 6.07) is 34.3. The number of carbonyl (C=O) groups excluding carboxylic acids is 3. The van der Waals surface area contributed by atoms with Gasteiger partial charge in [-0.1, -0.05) is 92.8 Å². The molecule has 0 bridgehead atoms.